The van der Waals surface area contributed by atoms with E-state index in [1.54, 1.807) is 18.6 Å². The molecule has 3 N–H and O–H groups in total. The zero-order valence-corrected chi connectivity index (χ0v) is 9.45. The molecular formula is C12H15N5. The first-order chi connectivity index (χ1) is 8.40. The van der Waals surface area contributed by atoms with Crippen molar-refractivity contribution in [3.05, 3.63) is 54.4 Å². The molecule has 0 saturated carbocycles. The Morgan fingerprint density at radius 1 is 1.24 bits per heavy atom. The molecule has 2 aromatic rings. The number of aromatic nitrogens is 3. The summed E-state index contributed by atoms with van der Waals surface area (Å²) in [7, 11) is 0. The topological polar surface area (TPSA) is 76.7 Å². The number of nitrogens with two attached hydrogens (primary N) is 1. The summed E-state index contributed by atoms with van der Waals surface area (Å²) in [5, 5.41) is 0. The molecule has 0 aromatic carbocycles. The van der Waals surface area contributed by atoms with Gasteiger partial charge in [-0.15, -0.1) is 0 Å². The van der Waals surface area contributed by atoms with Crippen LogP contribution in [0, 0.1) is 0 Å². The lowest BCUT2D eigenvalue weighted by molar-refractivity contribution is 0.510. The van der Waals surface area contributed by atoms with E-state index in [2.05, 4.69) is 20.4 Å². The number of hydrogen-bond acceptors (Lipinski definition) is 5. The van der Waals surface area contributed by atoms with Gasteiger partial charge in [-0.1, -0.05) is 6.07 Å². The van der Waals surface area contributed by atoms with E-state index in [1.165, 1.54) is 6.33 Å². The molecule has 0 aliphatic carbocycles. The number of hydrazine groups is 1. The molecular weight excluding hydrogens is 214 g/mol. The third-order valence-electron chi connectivity index (χ3n) is 2.60. The molecule has 0 amide bonds. The lowest BCUT2D eigenvalue weighted by Gasteiger charge is -2.14. The molecule has 0 bridgehead atoms. The average molecular weight is 229 g/mol. The highest BCUT2D eigenvalue weighted by Gasteiger charge is 2.10. The van der Waals surface area contributed by atoms with E-state index in [-0.39, 0.29) is 6.04 Å². The molecule has 2 rings (SSSR count). The second-order valence-corrected chi connectivity index (χ2v) is 3.75. The van der Waals surface area contributed by atoms with Gasteiger partial charge in [0.1, 0.15) is 6.33 Å². The predicted octanol–water partition coefficient (Wildman–Crippen LogP) is 1.01. The van der Waals surface area contributed by atoms with Crippen molar-refractivity contribution in [2.24, 2.45) is 5.84 Å². The van der Waals surface area contributed by atoms with Crippen LogP contribution in [0.4, 0.5) is 0 Å². The van der Waals surface area contributed by atoms with Crippen molar-refractivity contribution >= 4 is 0 Å². The quantitative estimate of drug-likeness (QED) is 0.591. The number of nitrogens with zero attached hydrogens (tertiary/aromatic N) is 3. The molecule has 0 saturated heterocycles. The molecule has 0 aliphatic rings. The molecule has 2 heterocycles. The molecule has 2 aromatic heterocycles. The molecule has 0 radical (unpaired) electrons. The fraction of sp³-hybridized carbons (Fsp3) is 0.250. The molecule has 17 heavy (non-hydrogen) atoms. The lowest BCUT2D eigenvalue weighted by atomic mass is 10.0. The van der Waals surface area contributed by atoms with Gasteiger partial charge in [-0.05, 0) is 25.0 Å². The molecule has 1 unspecified atom stereocenters. The number of aryl methyl sites for hydroxylation is 1. The summed E-state index contributed by atoms with van der Waals surface area (Å²) >= 11 is 0. The van der Waals surface area contributed by atoms with Gasteiger partial charge in [0.15, 0.2) is 0 Å². The van der Waals surface area contributed by atoms with Gasteiger partial charge in [0, 0.05) is 35.9 Å². The second-order valence-electron chi connectivity index (χ2n) is 3.75. The number of pyridine rings is 1. The molecule has 1 atom stereocenters. The summed E-state index contributed by atoms with van der Waals surface area (Å²) in [6.45, 7) is 0. The average Bonchev–Trinajstić information content (AvgIpc) is 2.42. The Hall–Kier alpha value is -1.85. The van der Waals surface area contributed by atoms with Crippen LogP contribution in [0.1, 0.15) is 23.7 Å². The first kappa shape index (κ1) is 11.6. The normalized spacial score (nSPS) is 12.3. The van der Waals surface area contributed by atoms with E-state index < -0.39 is 0 Å². The monoisotopic (exact) mass is 229 g/mol. The van der Waals surface area contributed by atoms with Gasteiger partial charge in [-0.25, -0.2) is 9.97 Å². The van der Waals surface area contributed by atoms with E-state index in [1.807, 2.05) is 18.2 Å². The molecule has 88 valence electrons. The highest BCUT2D eigenvalue weighted by Crippen LogP contribution is 2.15. The van der Waals surface area contributed by atoms with Gasteiger partial charge in [-0.2, -0.15) is 0 Å². The van der Waals surface area contributed by atoms with Crippen molar-refractivity contribution in [2.75, 3.05) is 0 Å². The molecule has 0 spiro atoms. The van der Waals surface area contributed by atoms with Crippen LogP contribution in [0.25, 0.3) is 0 Å². The minimum absolute atomic E-state index is 0.0539. The van der Waals surface area contributed by atoms with Crippen LogP contribution in [-0.2, 0) is 6.42 Å². The fourth-order valence-electron chi connectivity index (χ4n) is 1.68. The minimum Gasteiger partial charge on any atom is -0.271 e. The number of rotatable bonds is 5. The predicted molar refractivity (Wildman–Crippen MR) is 64.7 cm³/mol. The smallest absolute Gasteiger partial charge is 0.115 e. The fourth-order valence-corrected chi connectivity index (χ4v) is 1.68. The van der Waals surface area contributed by atoms with E-state index >= 15 is 0 Å². The zero-order valence-electron chi connectivity index (χ0n) is 9.45. The minimum atomic E-state index is 0.0539. The Morgan fingerprint density at radius 2 is 2.06 bits per heavy atom. The van der Waals surface area contributed by atoms with E-state index in [0.717, 1.165) is 24.1 Å². The number of nitrogens with one attached hydrogen (secondary N) is 1. The third-order valence-corrected chi connectivity index (χ3v) is 2.60. The Kier molecular flexibility index (Phi) is 4.12. The van der Waals surface area contributed by atoms with Crippen molar-refractivity contribution in [3.8, 4) is 0 Å². The number of hydrogen-bond donors (Lipinski definition) is 2. The summed E-state index contributed by atoms with van der Waals surface area (Å²) < 4.78 is 0. The van der Waals surface area contributed by atoms with Crippen LogP contribution in [0.3, 0.4) is 0 Å². The molecule has 0 aliphatic heterocycles. The summed E-state index contributed by atoms with van der Waals surface area (Å²) in [5.41, 5.74) is 4.83. The molecule has 5 nitrogen and oxygen atoms in total. The van der Waals surface area contributed by atoms with Crippen LogP contribution in [0.15, 0.2) is 43.1 Å². The van der Waals surface area contributed by atoms with Gasteiger partial charge in [0.05, 0.1) is 0 Å². The van der Waals surface area contributed by atoms with Crippen molar-refractivity contribution in [1.82, 2.24) is 20.4 Å². The summed E-state index contributed by atoms with van der Waals surface area (Å²) in [6, 6.07) is 5.96. The van der Waals surface area contributed by atoms with E-state index in [9.17, 15) is 0 Å². The largest absolute Gasteiger partial charge is 0.271 e. The Morgan fingerprint density at radius 3 is 2.71 bits per heavy atom. The van der Waals surface area contributed by atoms with Gasteiger partial charge in [0.2, 0.25) is 0 Å². The lowest BCUT2D eigenvalue weighted by Crippen LogP contribution is -2.28. The maximum atomic E-state index is 5.54. The van der Waals surface area contributed by atoms with Gasteiger partial charge in [-0.3, -0.25) is 16.3 Å². The summed E-state index contributed by atoms with van der Waals surface area (Å²) in [4.78, 5) is 12.3. The first-order valence-electron chi connectivity index (χ1n) is 5.51. The van der Waals surface area contributed by atoms with Crippen LogP contribution >= 0.6 is 0 Å². The maximum absolute atomic E-state index is 5.54. The second kappa shape index (κ2) is 6.03. The van der Waals surface area contributed by atoms with E-state index in [0.29, 0.717) is 0 Å². The Labute approximate surface area is 100 Å². The van der Waals surface area contributed by atoms with Crippen molar-refractivity contribution in [1.29, 1.82) is 0 Å². The van der Waals surface area contributed by atoms with Crippen LogP contribution in [0.5, 0.6) is 0 Å². The maximum Gasteiger partial charge on any atom is 0.115 e. The summed E-state index contributed by atoms with van der Waals surface area (Å²) in [5.74, 6) is 5.54. The van der Waals surface area contributed by atoms with Crippen LogP contribution in [-0.4, -0.2) is 15.0 Å². The van der Waals surface area contributed by atoms with Crippen LogP contribution in [0.2, 0.25) is 0 Å². The van der Waals surface area contributed by atoms with Crippen molar-refractivity contribution < 1.29 is 0 Å². The Balaban J connectivity index is 1.97. The van der Waals surface area contributed by atoms with Crippen molar-refractivity contribution in [3.63, 3.8) is 0 Å². The third kappa shape index (κ3) is 3.30. The highest BCUT2D eigenvalue weighted by atomic mass is 15.2. The van der Waals surface area contributed by atoms with Gasteiger partial charge in [0.25, 0.3) is 0 Å². The first-order valence-corrected chi connectivity index (χ1v) is 5.51. The SMILES string of the molecule is NNC(CCc1ccccn1)c1cncnc1. The zero-order chi connectivity index (χ0) is 11.9. The standard InChI is InChI=1S/C12H15N5/c13-17-12(10-7-14-9-15-8-10)5-4-11-3-1-2-6-16-11/h1-3,6-9,12,17H,4-5,13H2. The summed E-state index contributed by atoms with van der Waals surface area (Å²) in [6.07, 6.45) is 8.58. The van der Waals surface area contributed by atoms with Gasteiger partial charge >= 0.3 is 0 Å². The molecule has 5 heteroatoms. The highest BCUT2D eigenvalue weighted by molar-refractivity contribution is 5.10. The van der Waals surface area contributed by atoms with Crippen molar-refractivity contribution in [2.45, 2.75) is 18.9 Å². The van der Waals surface area contributed by atoms with E-state index in [4.69, 9.17) is 5.84 Å². The Bertz CT molecular complexity index is 431. The van der Waals surface area contributed by atoms with Gasteiger partial charge < -0.3 is 0 Å². The molecule has 0 fully saturated rings. The van der Waals surface area contributed by atoms with Crippen LogP contribution < -0.4 is 11.3 Å².